The summed E-state index contributed by atoms with van der Waals surface area (Å²) in [6.07, 6.45) is -0.712. The standard InChI is InChI=1S/C23H29N5O7/c1-22(2,3)17(30)12-24-20(33)14-11-13(28(34)35)7-8-15(14)27-21(23(4,5)6)25-19(26-27)16(29)9-10-18(31)32/h7-8,11H,9-10,12H2,1-6H3,(H,24,33)(H,31,32). The van der Waals surface area contributed by atoms with E-state index in [-0.39, 0.29) is 47.3 Å². The minimum absolute atomic E-state index is 0.117. The number of aliphatic carboxylic acids is 1. The number of aromatic nitrogens is 3. The van der Waals surface area contributed by atoms with Crippen LogP contribution < -0.4 is 5.32 Å². The number of non-ortho nitro benzene ring substituents is 1. The summed E-state index contributed by atoms with van der Waals surface area (Å²) in [6, 6.07) is 3.56. The van der Waals surface area contributed by atoms with Crippen molar-refractivity contribution in [3.05, 3.63) is 45.5 Å². The molecule has 0 unspecified atom stereocenters. The van der Waals surface area contributed by atoms with Gasteiger partial charge >= 0.3 is 5.97 Å². The monoisotopic (exact) mass is 487 g/mol. The molecule has 12 nitrogen and oxygen atoms in total. The summed E-state index contributed by atoms with van der Waals surface area (Å²) in [5.41, 5.74) is -1.74. The van der Waals surface area contributed by atoms with Gasteiger partial charge in [0.15, 0.2) is 5.78 Å². The average molecular weight is 488 g/mol. The molecule has 2 aromatic rings. The lowest BCUT2D eigenvalue weighted by Crippen LogP contribution is -2.36. The molecule has 35 heavy (non-hydrogen) atoms. The van der Waals surface area contributed by atoms with E-state index < -0.39 is 39.8 Å². The summed E-state index contributed by atoms with van der Waals surface area (Å²) in [7, 11) is 0. The number of hydrogen-bond acceptors (Lipinski definition) is 8. The summed E-state index contributed by atoms with van der Waals surface area (Å²) in [4.78, 5) is 63.7. The number of carboxylic acids is 1. The Morgan fingerprint density at radius 3 is 2.23 bits per heavy atom. The lowest BCUT2D eigenvalue weighted by Gasteiger charge is -2.20. The predicted molar refractivity (Wildman–Crippen MR) is 125 cm³/mol. The Morgan fingerprint density at radius 2 is 1.71 bits per heavy atom. The normalized spacial score (nSPS) is 11.7. The molecule has 0 aliphatic carbocycles. The van der Waals surface area contributed by atoms with E-state index in [0.29, 0.717) is 0 Å². The molecule has 2 N–H and O–H groups in total. The smallest absolute Gasteiger partial charge is 0.303 e. The third kappa shape index (κ3) is 6.78. The Balaban J connectivity index is 2.60. The van der Waals surface area contributed by atoms with Crippen molar-refractivity contribution in [3.63, 3.8) is 0 Å². The van der Waals surface area contributed by atoms with E-state index in [4.69, 9.17) is 5.11 Å². The lowest BCUT2D eigenvalue weighted by molar-refractivity contribution is -0.384. The molecule has 0 radical (unpaired) electrons. The molecule has 2 rings (SSSR count). The zero-order valence-corrected chi connectivity index (χ0v) is 20.5. The topological polar surface area (TPSA) is 174 Å². The van der Waals surface area contributed by atoms with Gasteiger partial charge in [-0.15, -0.1) is 5.10 Å². The predicted octanol–water partition coefficient (Wildman–Crippen LogP) is 2.87. The summed E-state index contributed by atoms with van der Waals surface area (Å²) in [5.74, 6) is -2.67. The van der Waals surface area contributed by atoms with Crippen LogP contribution in [0.2, 0.25) is 0 Å². The van der Waals surface area contributed by atoms with Crippen LogP contribution in [-0.2, 0) is 15.0 Å². The van der Waals surface area contributed by atoms with Gasteiger partial charge in [-0.05, 0) is 6.07 Å². The number of ketones is 2. The third-order valence-electron chi connectivity index (χ3n) is 5.00. The first-order valence-electron chi connectivity index (χ1n) is 10.8. The quantitative estimate of drug-likeness (QED) is 0.306. The second kappa shape index (κ2) is 10.1. The Hall–Kier alpha value is -3.96. The van der Waals surface area contributed by atoms with Gasteiger partial charge < -0.3 is 10.4 Å². The Bertz CT molecular complexity index is 1190. The van der Waals surface area contributed by atoms with E-state index in [9.17, 15) is 29.3 Å². The van der Waals surface area contributed by atoms with Gasteiger partial charge in [0.05, 0.1) is 29.1 Å². The number of nitrogens with one attached hydrogen (secondary N) is 1. The van der Waals surface area contributed by atoms with Gasteiger partial charge in [-0.3, -0.25) is 29.3 Å². The number of amides is 1. The van der Waals surface area contributed by atoms with E-state index in [0.717, 1.165) is 6.07 Å². The van der Waals surface area contributed by atoms with Crippen LogP contribution in [0.1, 0.15) is 81.2 Å². The van der Waals surface area contributed by atoms with E-state index >= 15 is 0 Å². The molecule has 0 atom stereocenters. The highest BCUT2D eigenvalue weighted by atomic mass is 16.6. The van der Waals surface area contributed by atoms with Crippen LogP contribution in [0.4, 0.5) is 5.69 Å². The molecule has 0 saturated carbocycles. The Morgan fingerprint density at radius 1 is 1.09 bits per heavy atom. The summed E-state index contributed by atoms with van der Waals surface area (Å²) in [6.45, 7) is 10.2. The highest BCUT2D eigenvalue weighted by Gasteiger charge is 2.29. The average Bonchev–Trinajstić information content (AvgIpc) is 3.20. The van der Waals surface area contributed by atoms with Crippen LogP contribution in [-0.4, -0.2) is 54.8 Å². The van der Waals surface area contributed by atoms with Crippen molar-refractivity contribution < 1.29 is 29.2 Å². The van der Waals surface area contributed by atoms with E-state index in [1.54, 1.807) is 41.5 Å². The molecule has 1 amide bonds. The van der Waals surface area contributed by atoms with Crippen molar-refractivity contribution in [1.82, 2.24) is 20.1 Å². The number of nitro groups is 1. The molecule has 1 aromatic heterocycles. The van der Waals surface area contributed by atoms with Crippen molar-refractivity contribution in [2.75, 3.05) is 6.54 Å². The van der Waals surface area contributed by atoms with E-state index in [1.807, 2.05) is 0 Å². The van der Waals surface area contributed by atoms with E-state index in [1.165, 1.54) is 16.8 Å². The van der Waals surface area contributed by atoms with Crippen LogP contribution in [0.5, 0.6) is 0 Å². The summed E-state index contributed by atoms with van der Waals surface area (Å²) < 4.78 is 1.25. The molecule has 0 saturated heterocycles. The van der Waals surface area contributed by atoms with Crippen molar-refractivity contribution in [3.8, 4) is 5.69 Å². The fourth-order valence-corrected chi connectivity index (χ4v) is 2.94. The fraction of sp³-hybridized carbons (Fsp3) is 0.478. The maximum Gasteiger partial charge on any atom is 0.303 e. The Labute approximate surface area is 201 Å². The molecular weight excluding hydrogens is 458 g/mol. The summed E-state index contributed by atoms with van der Waals surface area (Å²) >= 11 is 0. The highest BCUT2D eigenvalue weighted by molar-refractivity contribution is 6.01. The van der Waals surface area contributed by atoms with E-state index in [2.05, 4.69) is 15.4 Å². The second-order valence-corrected chi connectivity index (χ2v) is 10.1. The number of benzene rings is 1. The molecule has 0 bridgehead atoms. The van der Waals surface area contributed by atoms with Crippen molar-refractivity contribution in [1.29, 1.82) is 0 Å². The number of hydrogen-bond donors (Lipinski definition) is 2. The fourth-order valence-electron chi connectivity index (χ4n) is 2.94. The maximum atomic E-state index is 13.0. The first-order valence-corrected chi connectivity index (χ1v) is 10.8. The molecule has 0 aliphatic rings. The molecule has 188 valence electrons. The van der Waals surface area contributed by atoms with Gasteiger partial charge in [0.2, 0.25) is 11.6 Å². The first-order chi connectivity index (χ1) is 16.0. The summed E-state index contributed by atoms with van der Waals surface area (Å²) in [5, 5.41) is 26.9. The number of rotatable bonds is 9. The molecule has 0 spiro atoms. The van der Waals surface area contributed by atoms with Crippen LogP contribution in [0.3, 0.4) is 0 Å². The van der Waals surface area contributed by atoms with Gasteiger partial charge in [-0.2, -0.15) is 0 Å². The lowest BCUT2D eigenvalue weighted by atomic mass is 9.91. The molecule has 0 aliphatic heterocycles. The number of Topliss-reactive ketones (excluding diaryl/α,β-unsaturated/α-hetero) is 2. The van der Waals surface area contributed by atoms with Crippen LogP contribution in [0.25, 0.3) is 5.69 Å². The van der Waals surface area contributed by atoms with Crippen molar-refractivity contribution in [2.24, 2.45) is 5.41 Å². The minimum Gasteiger partial charge on any atom is -0.481 e. The Kier molecular flexibility index (Phi) is 7.89. The van der Waals surface area contributed by atoms with Crippen LogP contribution in [0, 0.1) is 15.5 Å². The zero-order valence-electron chi connectivity index (χ0n) is 20.5. The first kappa shape index (κ1) is 27.3. The van der Waals surface area contributed by atoms with Gasteiger partial charge in [-0.25, -0.2) is 9.67 Å². The van der Waals surface area contributed by atoms with Crippen LogP contribution >= 0.6 is 0 Å². The number of carboxylic acid groups (broad SMARTS) is 1. The molecule has 1 heterocycles. The maximum absolute atomic E-state index is 13.0. The highest BCUT2D eigenvalue weighted by Crippen LogP contribution is 2.28. The van der Waals surface area contributed by atoms with Gasteiger partial charge in [0.25, 0.3) is 11.6 Å². The number of carbonyl (C=O) groups excluding carboxylic acids is 3. The number of carbonyl (C=O) groups is 4. The molecule has 1 aromatic carbocycles. The molecule has 0 fully saturated rings. The second-order valence-electron chi connectivity index (χ2n) is 10.1. The SMILES string of the molecule is CC(C)(C)C(=O)CNC(=O)c1cc([N+](=O)[O-])ccc1-n1nc(C(=O)CCC(=O)O)nc1C(C)(C)C. The zero-order chi connectivity index (χ0) is 26.7. The van der Waals surface area contributed by atoms with Gasteiger partial charge in [0.1, 0.15) is 5.82 Å². The number of nitrogens with zero attached hydrogens (tertiary/aromatic N) is 4. The van der Waals surface area contributed by atoms with Crippen molar-refractivity contribution >= 4 is 29.1 Å². The van der Waals surface area contributed by atoms with Gasteiger partial charge in [-0.1, -0.05) is 41.5 Å². The van der Waals surface area contributed by atoms with Gasteiger partial charge in [0, 0.05) is 29.4 Å². The van der Waals surface area contributed by atoms with Crippen molar-refractivity contribution in [2.45, 2.75) is 59.8 Å². The largest absolute Gasteiger partial charge is 0.481 e. The number of nitro benzene ring substituents is 1. The minimum atomic E-state index is -1.15. The molecular formula is C23H29N5O7. The van der Waals surface area contributed by atoms with Crippen LogP contribution in [0.15, 0.2) is 18.2 Å². The molecule has 12 heteroatoms. The third-order valence-corrected chi connectivity index (χ3v) is 5.00.